The van der Waals surface area contributed by atoms with Crippen LogP contribution in [-0.4, -0.2) is 123 Å². The van der Waals surface area contributed by atoms with Crippen molar-refractivity contribution in [3.63, 3.8) is 0 Å². The van der Waals surface area contributed by atoms with E-state index in [2.05, 4.69) is 20.4 Å². The highest BCUT2D eigenvalue weighted by molar-refractivity contribution is 8.00. The van der Waals surface area contributed by atoms with Crippen molar-refractivity contribution in [2.45, 2.75) is 42.5 Å². The molecule has 0 saturated carbocycles. The molecular weight excluding hydrogens is 538 g/mol. The largest absolute Gasteiger partial charge is 0.478 e. The number of hydrogen-bond acceptors (Lipinski definition) is 12. The zero-order valence-corrected chi connectivity index (χ0v) is 22.9. The van der Waals surface area contributed by atoms with Crippen LogP contribution in [0.3, 0.4) is 0 Å². The number of β-lactam (4-membered cyclic amide) rings is 1. The summed E-state index contributed by atoms with van der Waals surface area (Å²) in [4.78, 5) is 65.5. The molecule has 4 atom stereocenters. The molecule has 38 heavy (non-hydrogen) atoms. The zero-order valence-electron chi connectivity index (χ0n) is 21.3. The molecule has 4 rings (SSSR count). The van der Waals surface area contributed by atoms with Gasteiger partial charge in [0.15, 0.2) is 10.8 Å². The number of nitrogens with zero attached hydrogens (tertiary/aromatic N) is 5. The van der Waals surface area contributed by atoms with Gasteiger partial charge in [0.05, 0.1) is 11.8 Å². The van der Waals surface area contributed by atoms with Crippen LogP contribution in [0.15, 0.2) is 10.5 Å². The van der Waals surface area contributed by atoms with Crippen LogP contribution in [0.25, 0.3) is 0 Å². The molecule has 3 unspecified atom stereocenters. The number of fused-ring (bicyclic) bond motifs is 1. The Kier molecular flexibility index (Phi) is 8.32. The molecule has 3 amide bonds. The van der Waals surface area contributed by atoms with Gasteiger partial charge in [-0.15, -0.1) is 23.1 Å². The zero-order chi connectivity index (χ0) is 27.6. The molecule has 3 saturated heterocycles. The maximum atomic E-state index is 13.1. The Morgan fingerprint density at radius 3 is 2.63 bits per heavy atom. The van der Waals surface area contributed by atoms with Gasteiger partial charge in [0.25, 0.3) is 5.91 Å². The molecule has 3 aliphatic heterocycles. The number of aromatic nitrogens is 1. The van der Waals surface area contributed by atoms with Crippen LogP contribution >= 0.6 is 23.1 Å². The number of rotatable bonds is 8. The van der Waals surface area contributed by atoms with E-state index in [9.17, 15) is 24.3 Å². The standard InChI is InChI=1S/C22H31N7O7S2/c1-4-9-35-26-14(13-10-37-20(23)24-13)16(30)25-15-17(31)29-11-22(19(32)33,12(2)38-18(15)29)36-21(34)28-7-5-27(3)6-8-28/h10,12,15,18H,4-9,11H2,1-3H3,(H2,23,24)(H,25,30)(H,32,33)/t12?,15?,18-,22?/m1/s1. The molecule has 1 aromatic rings. The highest BCUT2D eigenvalue weighted by Crippen LogP contribution is 2.44. The van der Waals surface area contributed by atoms with E-state index in [0.29, 0.717) is 32.6 Å². The number of thiazole rings is 1. The number of likely N-dealkylation sites (N-methyl/N-ethyl adjacent to an activating group) is 1. The van der Waals surface area contributed by atoms with E-state index >= 15 is 0 Å². The lowest BCUT2D eigenvalue weighted by Gasteiger charge is -2.55. The number of carbonyl (C=O) groups excluding carboxylic acids is 3. The summed E-state index contributed by atoms with van der Waals surface area (Å²) in [5.41, 5.74) is 3.87. The quantitative estimate of drug-likeness (QED) is 0.164. The molecule has 208 valence electrons. The van der Waals surface area contributed by atoms with Gasteiger partial charge in [-0.3, -0.25) is 9.59 Å². The molecule has 3 fully saturated rings. The van der Waals surface area contributed by atoms with Crippen LogP contribution in [-0.2, 0) is 24.0 Å². The summed E-state index contributed by atoms with van der Waals surface area (Å²) in [6.07, 6.45) is -0.0469. The van der Waals surface area contributed by atoms with E-state index in [1.54, 1.807) is 12.3 Å². The lowest BCUT2D eigenvalue weighted by atomic mass is 9.94. The van der Waals surface area contributed by atoms with Crippen molar-refractivity contribution in [1.29, 1.82) is 0 Å². The van der Waals surface area contributed by atoms with Crippen molar-refractivity contribution in [2.24, 2.45) is 5.16 Å². The Morgan fingerprint density at radius 1 is 1.32 bits per heavy atom. The number of piperazine rings is 1. The summed E-state index contributed by atoms with van der Waals surface area (Å²) in [5, 5.41) is 17.2. The predicted octanol–water partition coefficient (Wildman–Crippen LogP) is -0.148. The number of oxime groups is 1. The second-order valence-electron chi connectivity index (χ2n) is 9.28. The molecule has 14 nitrogen and oxygen atoms in total. The second-order valence-corrected chi connectivity index (χ2v) is 11.6. The molecule has 4 heterocycles. The van der Waals surface area contributed by atoms with Gasteiger partial charge in [0, 0.05) is 31.6 Å². The fraction of sp³-hybridized carbons (Fsp3) is 0.636. The molecule has 4 N–H and O–H groups in total. The lowest BCUT2D eigenvalue weighted by molar-refractivity contribution is -0.171. The first kappa shape index (κ1) is 27.9. The Bertz CT molecular complexity index is 1120. The van der Waals surface area contributed by atoms with Crippen LogP contribution in [0, 0.1) is 0 Å². The topological polar surface area (TPSA) is 180 Å². The summed E-state index contributed by atoms with van der Waals surface area (Å²) in [6.45, 7) is 5.62. The number of nitrogens with one attached hydrogen (secondary N) is 1. The first-order chi connectivity index (χ1) is 18.1. The fourth-order valence-electron chi connectivity index (χ4n) is 4.30. The van der Waals surface area contributed by atoms with Gasteiger partial charge >= 0.3 is 12.1 Å². The van der Waals surface area contributed by atoms with Crippen LogP contribution in [0.4, 0.5) is 9.93 Å². The van der Waals surface area contributed by atoms with Gasteiger partial charge < -0.3 is 40.4 Å². The molecule has 0 radical (unpaired) electrons. The Balaban J connectivity index is 1.45. The van der Waals surface area contributed by atoms with Crippen molar-refractivity contribution >= 4 is 57.8 Å². The smallest absolute Gasteiger partial charge is 0.411 e. The second kappa shape index (κ2) is 11.3. The molecule has 16 heteroatoms. The van der Waals surface area contributed by atoms with Crippen molar-refractivity contribution in [3.8, 4) is 0 Å². The lowest BCUT2D eigenvalue weighted by Crippen LogP contribution is -2.77. The van der Waals surface area contributed by atoms with Gasteiger partial charge in [0.2, 0.25) is 11.5 Å². The first-order valence-electron chi connectivity index (χ1n) is 12.2. The summed E-state index contributed by atoms with van der Waals surface area (Å²) < 4.78 is 5.61. The molecule has 3 aliphatic rings. The van der Waals surface area contributed by atoms with Crippen molar-refractivity contribution in [1.82, 2.24) is 25.0 Å². The van der Waals surface area contributed by atoms with E-state index in [1.807, 2.05) is 14.0 Å². The number of nitrogen functional groups attached to an aromatic ring is 1. The van der Waals surface area contributed by atoms with Crippen molar-refractivity contribution < 1.29 is 33.9 Å². The van der Waals surface area contributed by atoms with Gasteiger partial charge in [-0.25, -0.2) is 14.6 Å². The highest BCUT2D eigenvalue weighted by atomic mass is 32.2. The van der Waals surface area contributed by atoms with E-state index in [0.717, 1.165) is 23.1 Å². The minimum atomic E-state index is -1.93. The number of hydrogen-bond donors (Lipinski definition) is 3. The monoisotopic (exact) mass is 569 g/mol. The average molecular weight is 570 g/mol. The number of carboxylic acid groups (broad SMARTS) is 1. The Morgan fingerprint density at radius 2 is 2.03 bits per heavy atom. The minimum absolute atomic E-state index is 0.118. The van der Waals surface area contributed by atoms with Crippen LogP contribution in [0.1, 0.15) is 26.0 Å². The van der Waals surface area contributed by atoms with Gasteiger partial charge in [-0.2, -0.15) is 0 Å². The van der Waals surface area contributed by atoms with E-state index < -0.39 is 46.1 Å². The molecule has 1 aromatic heterocycles. The third-order valence-corrected chi connectivity index (χ3v) is 8.93. The number of nitrogens with two attached hydrogens (primary N) is 1. The third kappa shape index (κ3) is 5.37. The maximum Gasteiger partial charge on any atom is 0.411 e. The normalized spacial score (nSPS) is 27.8. The van der Waals surface area contributed by atoms with Gasteiger partial charge in [-0.1, -0.05) is 12.1 Å². The third-order valence-electron chi connectivity index (χ3n) is 6.66. The van der Waals surface area contributed by atoms with E-state index in [-0.39, 0.29) is 29.7 Å². The van der Waals surface area contributed by atoms with E-state index in [1.165, 1.54) is 9.80 Å². The highest BCUT2D eigenvalue weighted by Gasteiger charge is 2.63. The number of thioether (sulfide) groups is 1. The molecule has 0 bridgehead atoms. The summed E-state index contributed by atoms with van der Waals surface area (Å²) in [6, 6.07) is -0.928. The maximum absolute atomic E-state index is 13.1. The fourth-order valence-corrected chi connectivity index (χ4v) is 6.38. The van der Waals surface area contributed by atoms with Crippen molar-refractivity contribution in [2.75, 3.05) is 52.1 Å². The first-order valence-corrected chi connectivity index (χ1v) is 14.0. The molecule has 0 aromatic carbocycles. The number of ether oxygens (including phenoxy) is 1. The minimum Gasteiger partial charge on any atom is -0.478 e. The predicted molar refractivity (Wildman–Crippen MR) is 140 cm³/mol. The number of carbonyl (C=O) groups is 4. The number of amides is 3. The van der Waals surface area contributed by atoms with Crippen molar-refractivity contribution in [3.05, 3.63) is 11.1 Å². The number of aliphatic carboxylic acids is 1. The number of anilines is 1. The Labute approximate surface area is 227 Å². The van der Waals surface area contributed by atoms with Crippen LogP contribution in [0.2, 0.25) is 0 Å². The SMILES string of the molecule is CCCON=C(C(=O)NC1C(=O)N2CC(OC(=O)N3CCN(C)CC3)(C(=O)O)C(C)S[C@H]12)c1csc(N)n1. The summed E-state index contributed by atoms with van der Waals surface area (Å²) in [5.74, 6) is -2.49. The van der Waals surface area contributed by atoms with Gasteiger partial charge in [-0.05, 0) is 20.4 Å². The molecule has 0 aliphatic carbocycles. The summed E-state index contributed by atoms with van der Waals surface area (Å²) >= 11 is 2.28. The molecule has 0 spiro atoms. The van der Waals surface area contributed by atoms with Gasteiger partial charge in [0.1, 0.15) is 23.7 Å². The summed E-state index contributed by atoms with van der Waals surface area (Å²) in [7, 11) is 1.94. The number of carboxylic acids is 1. The van der Waals surface area contributed by atoms with E-state index in [4.69, 9.17) is 15.3 Å². The molecular formula is C22H31N7O7S2. The van der Waals surface area contributed by atoms with Crippen LogP contribution < -0.4 is 11.1 Å². The van der Waals surface area contributed by atoms with Crippen LogP contribution in [0.5, 0.6) is 0 Å². The Hall–Kier alpha value is -3.11. The average Bonchev–Trinajstić information content (AvgIpc) is 3.32.